The molecule has 0 aromatic carbocycles. The first-order valence-electron chi connectivity index (χ1n) is 6.85. The molecule has 4 nitrogen and oxygen atoms in total. The SMILES string of the molecule is CC1CCCN(C(=O)N2CC(O)(C3CC3)C2)C1. The predicted molar refractivity (Wildman–Crippen MR) is 64.6 cm³/mol. The Labute approximate surface area is 103 Å². The quantitative estimate of drug-likeness (QED) is 0.748. The average Bonchev–Trinajstić information content (AvgIpc) is 3.08. The molecule has 0 aromatic heterocycles. The van der Waals surface area contributed by atoms with Gasteiger partial charge in [0.2, 0.25) is 0 Å². The normalized spacial score (nSPS) is 32.2. The Morgan fingerprint density at radius 1 is 1.24 bits per heavy atom. The summed E-state index contributed by atoms with van der Waals surface area (Å²) >= 11 is 0. The molecule has 0 aromatic rings. The number of urea groups is 1. The molecule has 3 fully saturated rings. The molecule has 1 atom stereocenters. The topological polar surface area (TPSA) is 43.8 Å². The molecule has 2 aliphatic heterocycles. The van der Waals surface area contributed by atoms with Crippen molar-refractivity contribution in [3.63, 3.8) is 0 Å². The van der Waals surface area contributed by atoms with Gasteiger partial charge in [-0.25, -0.2) is 4.79 Å². The summed E-state index contributed by atoms with van der Waals surface area (Å²) in [5.41, 5.74) is -0.545. The van der Waals surface area contributed by atoms with Gasteiger partial charge in [-0.3, -0.25) is 0 Å². The molecular formula is C13H22N2O2. The third-order valence-electron chi connectivity index (χ3n) is 4.46. The van der Waals surface area contributed by atoms with Gasteiger partial charge in [0.15, 0.2) is 0 Å². The summed E-state index contributed by atoms with van der Waals surface area (Å²) in [6.45, 7) is 5.09. The van der Waals surface area contributed by atoms with E-state index in [0.717, 1.165) is 32.4 Å². The monoisotopic (exact) mass is 238 g/mol. The number of carbonyl (C=O) groups is 1. The van der Waals surface area contributed by atoms with E-state index < -0.39 is 5.60 Å². The number of amides is 2. The van der Waals surface area contributed by atoms with Crippen molar-refractivity contribution in [1.29, 1.82) is 0 Å². The van der Waals surface area contributed by atoms with E-state index in [9.17, 15) is 9.90 Å². The maximum atomic E-state index is 12.2. The van der Waals surface area contributed by atoms with Crippen LogP contribution in [0.5, 0.6) is 0 Å². The van der Waals surface area contributed by atoms with Crippen LogP contribution < -0.4 is 0 Å². The van der Waals surface area contributed by atoms with Gasteiger partial charge in [-0.05, 0) is 37.5 Å². The van der Waals surface area contributed by atoms with E-state index >= 15 is 0 Å². The fourth-order valence-electron chi connectivity index (χ4n) is 3.19. The highest BCUT2D eigenvalue weighted by molar-refractivity contribution is 5.76. The molecule has 2 amide bonds. The fourth-order valence-corrected chi connectivity index (χ4v) is 3.19. The summed E-state index contributed by atoms with van der Waals surface area (Å²) in [7, 11) is 0. The van der Waals surface area contributed by atoms with Crippen LogP contribution in [0.15, 0.2) is 0 Å². The molecule has 3 aliphatic rings. The molecular weight excluding hydrogens is 216 g/mol. The summed E-state index contributed by atoms with van der Waals surface area (Å²) < 4.78 is 0. The minimum Gasteiger partial charge on any atom is -0.386 e. The van der Waals surface area contributed by atoms with E-state index in [1.165, 1.54) is 6.42 Å². The fraction of sp³-hybridized carbons (Fsp3) is 0.923. The largest absolute Gasteiger partial charge is 0.386 e. The smallest absolute Gasteiger partial charge is 0.320 e. The van der Waals surface area contributed by atoms with Gasteiger partial charge < -0.3 is 14.9 Å². The first-order chi connectivity index (χ1) is 8.08. The number of hydrogen-bond donors (Lipinski definition) is 1. The van der Waals surface area contributed by atoms with Crippen LogP contribution in [-0.2, 0) is 0 Å². The van der Waals surface area contributed by atoms with Crippen molar-refractivity contribution in [2.24, 2.45) is 11.8 Å². The average molecular weight is 238 g/mol. The van der Waals surface area contributed by atoms with Crippen LogP contribution in [0.25, 0.3) is 0 Å². The van der Waals surface area contributed by atoms with Crippen molar-refractivity contribution in [2.75, 3.05) is 26.2 Å². The van der Waals surface area contributed by atoms with E-state index in [2.05, 4.69) is 6.92 Å². The Balaban J connectivity index is 1.53. The van der Waals surface area contributed by atoms with Crippen molar-refractivity contribution in [1.82, 2.24) is 9.80 Å². The minimum atomic E-state index is -0.545. The maximum absolute atomic E-state index is 12.2. The molecule has 0 spiro atoms. The van der Waals surface area contributed by atoms with Crippen molar-refractivity contribution in [3.8, 4) is 0 Å². The van der Waals surface area contributed by atoms with Gasteiger partial charge >= 0.3 is 6.03 Å². The molecule has 4 heteroatoms. The number of β-amino-alcohol motifs (C(OH)–C–C–N with tert-alkyl or cyclic N) is 1. The third kappa shape index (κ3) is 2.03. The lowest BCUT2D eigenvalue weighted by molar-refractivity contribution is -0.0973. The Morgan fingerprint density at radius 2 is 1.94 bits per heavy atom. The number of hydrogen-bond acceptors (Lipinski definition) is 2. The molecule has 96 valence electrons. The van der Waals surface area contributed by atoms with E-state index in [4.69, 9.17) is 0 Å². The molecule has 0 radical (unpaired) electrons. The molecule has 1 saturated carbocycles. The predicted octanol–water partition coefficient (Wildman–Crippen LogP) is 1.30. The number of aliphatic hydroxyl groups is 1. The van der Waals surface area contributed by atoms with Crippen LogP contribution in [0.3, 0.4) is 0 Å². The highest BCUT2D eigenvalue weighted by Gasteiger charge is 2.53. The summed E-state index contributed by atoms with van der Waals surface area (Å²) in [6, 6.07) is 0.141. The second-order valence-electron chi connectivity index (χ2n) is 6.21. The van der Waals surface area contributed by atoms with Gasteiger partial charge in [-0.15, -0.1) is 0 Å². The van der Waals surface area contributed by atoms with E-state index in [1.54, 1.807) is 0 Å². The van der Waals surface area contributed by atoms with Crippen LogP contribution in [-0.4, -0.2) is 52.7 Å². The van der Waals surface area contributed by atoms with Gasteiger partial charge in [0.25, 0.3) is 0 Å². The van der Waals surface area contributed by atoms with Crippen LogP contribution in [0.1, 0.15) is 32.6 Å². The maximum Gasteiger partial charge on any atom is 0.320 e. The number of likely N-dealkylation sites (tertiary alicyclic amines) is 2. The summed E-state index contributed by atoms with van der Waals surface area (Å²) in [5, 5.41) is 10.2. The third-order valence-corrected chi connectivity index (χ3v) is 4.46. The Hall–Kier alpha value is -0.770. The Bertz CT molecular complexity index is 321. The van der Waals surface area contributed by atoms with E-state index in [-0.39, 0.29) is 6.03 Å². The molecule has 1 unspecified atom stereocenters. The summed E-state index contributed by atoms with van der Waals surface area (Å²) in [4.78, 5) is 16.0. The van der Waals surface area contributed by atoms with Crippen molar-refractivity contribution >= 4 is 6.03 Å². The number of rotatable bonds is 1. The van der Waals surface area contributed by atoms with Gasteiger partial charge in [-0.1, -0.05) is 6.92 Å². The first-order valence-corrected chi connectivity index (χ1v) is 6.85. The van der Waals surface area contributed by atoms with Crippen LogP contribution in [0, 0.1) is 11.8 Å². The van der Waals surface area contributed by atoms with Gasteiger partial charge in [0.1, 0.15) is 5.60 Å². The Morgan fingerprint density at radius 3 is 2.53 bits per heavy atom. The molecule has 1 N–H and O–H groups in total. The highest BCUT2D eigenvalue weighted by atomic mass is 16.3. The lowest BCUT2D eigenvalue weighted by Crippen LogP contribution is -2.67. The molecule has 0 bridgehead atoms. The van der Waals surface area contributed by atoms with Crippen molar-refractivity contribution < 1.29 is 9.90 Å². The van der Waals surface area contributed by atoms with Crippen LogP contribution in [0.4, 0.5) is 4.79 Å². The van der Waals surface area contributed by atoms with Crippen molar-refractivity contribution in [3.05, 3.63) is 0 Å². The van der Waals surface area contributed by atoms with Gasteiger partial charge in [-0.2, -0.15) is 0 Å². The first kappa shape index (κ1) is 11.3. The van der Waals surface area contributed by atoms with E-state index in [0.29, 0.717) is 24.9 Å². The lowest BCUT2D eigenvalue weighted by Gasteiger charge is -2.49. The number of nitrogens with zero attached hydrogens (tertiary/aromatic N) is 2. The van der Waals surface area contributed by atoms with E-state index in [1.807, 2.05) is 9.80 Å². The molecule has 2 saturated heterocycles. The molecule has 3 rings (SSSR count). The van der Waals surface area contributed by atoms with Crippen molar-refractivity contribution in [2.45, 2.75) is 38.2 Å². The molecule has 17 heavy (non-hydrogen) atoms. The second kappa shape index (κ2) is 3.87. The minimum absolute atomic E-state index is 0.141. The van der Waals surface area contributed by atoms with Crippen LogP contribution in [0.2, 0.25) is 0 Å². The zero-order valence-corrected chi connectivity index (χ0v) is 10.6. The zero-order valence-electron chi connectivity index (χ0n) is 10.6. The molecule has 1 aliphatic carbocycles. The lowest BCUT2D eigenvalue weighted by atomic mass is 9.89. The van der Waals surface area contributed by atoms with Gasteiger partial charge in [0.05, 0.1) is 13.1 Å². The zero-order chi connectivity index (χ0) is 12.0. The van der Waals surface area contributed by atoms with Crippen LogP contribution >= 0.6 is 0 Å². The Kier molecular flexibility index (Phi) is 2.58. The van der Waals surface area contributed by atoms with Gasteiger partial charge in [0, 0.05) is 13.1 Å². The highest BCUT2D eigenvalue weighted by Crippen LogP contribution is 2.44. The standard InChI is InChI=1S/C13H22N2O2/c1-10-3-2-6-14(7-10)12(16)15-8-13(17,9-15)11-4-5-11/h10-11,17H,2-9H2,1H3. The molecule has 2 heterocycles. The number of piperidine rings is 1. The second-order valence-corrected chi connectivity index (χ2v) is 6.21. The summed E-state index contributed by atoms with van der Waals surface area (Å²) in [6.07, 6.45) is 4.63. The number of carbonyl (C=O) groups excluding carboxylic acids is 1. The summed E-state index contributed by atoms with van der Waals surface area (Å²) in [5.74, 6) is 1.09.